The fourth-order valence-electron chi connectivity index (χ4n) is 0. The fraction of sp³-hybridized carbons (Fsp3) is 0. The van der Waals surface area contributed by atoms with Crippen LogP contribution in [0.1, 0.15) is 0 Å². The van der Waals surface area contributed by atoms with Gasteiger partial charge in [-0.05, 0) is 0 Å². The summed E-state index contributed by atoms with van der Waals surface area (Å²) in [6, 6.07) is 0. The Morgan fingerprint density at radius 2 is 0.700 bits per heavy atom. The van der Waals surface area contributed by atoms with Gasteiger partial charge in [-0.15, -0.1) is 0 Å². The maximum atomic E-state index is 4.98. The molecule has 0 unspecified atom stereocenters. The van der Waals surface area contributed by atoms with Crippen LogP contribution in [-0.4, -0.2) is 5.48 Å². The monoisotopic (exact) mass is 380 g/mol. The van der Waals surface area contributed by atoms with Crippen molar-refractivity contribution in [2.75, 3.05) is 0 Å². The molecule has 1 nitrogen and oxygen atoms in total. The van der Waals surface area contributed by atoms with Gasteiger partial charge in [0, 0.05) is 0 Å². The molecule has 0 saturated heterocycles. The third-order valence-corrected chi connectivity index (χ3v) is 0. The Balaban J connectivity index is -0.00000000800. The molecule has 0 rings (SSSR count). The summed E-state index contributed by atoms with van der Waals surface area (Å²) in [4.78, 5) is 0. The Bertz CT molecular complexity index is 31.2. The van der Waals surface area contributed by atoms with Crippen LogP contribution in [0, 0.1) is 0 Å². The third-order valence-electron chi connectivity index (χ3n) is 0. The molecule has 0 radical (unpaired) electrons. The minimum Gasteiger partial charge on any atom is 1.00 e. The van der Waals surface area contributed by atoms with E-state index in [1.165, 1.54) is 0 Å². The molecule has 0 aliphatic rings. The molecular formula is H2Cl6Na2OPd. The average Bonchev–Trinajstić information content (AvgIpc) is 0.722. The van der Waals surface area contributed by atoms with E-state index in [4.69, 9.17) is 38.1 Å². The van der Waals surface area contributed by atoms with Crippen LogP contribution < -0.4 is 83.9 Å². The molecule has 0 aromatic heterocycles. The van der Waals surface area contributed by atoms with Gasteiger partial charge < -0.3 is 30.3 Å². The van der Waals surface area contributed by atoms with Crippen molar-refractivity contribution in [1.29, 1.82) is 0 Å². The van der Waals surface area contributed by atoms with Crippen LogP contribution in [0.4, 0.5) is 0 Å². The van der Waals surface area contributed by atoms with E-state index in [1.54, 1.807) is 0 Å². The zero-order valence-corrected chi connectivity index (χ0v) is 15.2. The molecule has 2 N–H and O–H groups in total. The van der Waals surface area contributed by atoms with Crippen LogP contribution in [0.2, 0.25) is 0 Å². The Morgan fingerprint density at radius 3 is 0.700 bits per heavy atom. The number of hydrogen-bond donors (Lipinski definition) is 0. The molecule has 0 fully saturated rings. The minimum absolute atomic E-state index is 0. The maximum Gasteiger partial charge on any atom is 1.00 e. The summed E-state index contributed by atoms with van der Waals surface area (Å²) >= 11 is -2.81. The Morgan fingerprint density at radius 1 is 0.700 bits per heavy atom. The predicted octanol–water partition coefficient (Wildman–Crippen LogP) is -10.1. The molecule has 62 valence electrons. The normalized spacial score (nSPS) is 7.60. The van der Waals surface area contributed by atoms with Crippen molar-refractivity contribution in [3.8, 4) is 0 Å². The minimum atomic E-state index is -2.81. The zero-order chi connectivity index (χ0) is 4.50. The van der Waals surface area contributed by atoms with Crippen LogP contribution in [-0.2, 0) is 11.5 Å². The van der Waals surface area contributed by atoms with Gasteiger partial charge in [-0.1, -0.05) is 0 Å². The molecule has 10 heteroatoms. The first-order chi connectivity index (χ1) is 2.00. The van der Waals surface area contributed by atoms with E-state index in [2.05, 4.69) is 0 Å². The zero-order valence-electron chi connectivity index (χ0n) is 5.08. The molecule has 0 aromatic carbocycles. The van der Waals surface area contributed by atoms with E-state index in [9.17, 15) is 0 Å². The third kappa shape index (κ3) is 83.9. The summed E-state index contributed by atoms with van der Waals surface area (Å²) in [5.74, 6) is 0. The van der Waals surface area contributed by atoms with E-state index >= 15 is 0 Å². The van der Waals surface area contributed by atoms with Gasteiger partial charge in [-0.3, -0.25) is 0 Å². The van der Waals surface area contributed by atoms with Gasteiger partial charge in [-0.25, -0.2) is 0 Å². The van der Waals surface area contributed by atoms with Gasteiger partial charge in [-0.2, -0.15) is 0 Å². The summed E-state index contributed by atoms with van der Waals surface area (Å²) in [6.45, 7) is 0. The molecule has 0 atom stereocenters. The topological polar surface area (TPSA) is 31.5 Å². The SMILES string of the molecule is O.[Cl-].[Cl-].[Cl][Pd]([Cl])([Cl])[Cl].[Na+].[Na+]. The number of halogens is 6. The first-order valence-corrected chi connectivity index (χ1v) is 8.49. The molecule has 0 amide bonds. The van der Waals surface area contributed by atoms with Gasteiger partial charge in [0.05, 0.1) is 0 Å². The molecule has 0 bridgehead atoms. The van der Waals surface area contributed by atoms with E-state index in [0.29, 0.717) is 0 Å². The Labute approximate surface area is 136 Å². The summed E-state index contributed by atoms with van der Waals surface area (Å²) in [5, 5.41) is 0. The van der Waals surface area contributed by atoms with Crippen molar-refractivity contribution in [2.24, 2.45) is 0 Å². The molecule has 0 saturated carbocycles. The van der Waals surface area contributed by atoms with Crippen molar-refractivity contribution in [3.05, 3.63) is 0 Å². The van der Waals surface area contributed by atoms with Crippen LogP contribution >= 0.6 is 38.1 Å². The van der Waals surface area contributed by atoms with E-state index in [1.807, 2.05) is 0 Å². The second-order valence-electron chi connectivity index (χ2n) is 0.271. The quantitative estimate of drug-likeness (QED) is 0.373. The van der Waals surface area contributed by atoms with Crippen LogP contribution in [0.25, 0.3) is 0 Å². The van der Waals surface area contributed by atoms with E-state index in [-0.39, 0.29) is 89.4 Å². The van der Waals surface area contributed by atoms with Gasteiger partial charge in [0.25, 0.3) is 0 Å². The molecule has 0 aliphatic heterocycles. The Hall–Kier alpha value is 4.36. The maximum absolute atomic E-state index is 4.98. The first-order valence-electron chi connectivity index (χ1n) is 0.478. The second-order valence-corrected chi connectivity index (χ2v) is 14.4. The van der Waals surface area contributed by atoms with Gasteiger partial charge in [0.2, 0.25) is 0 Å². The summed E-state index contributed by atoms with van der Waals surface area (Å²) in [6.07, 6.45) is 0. The van der Waals surface area contributed by atoms with Crippen molar-refractivity contribution < 1.29 is 101 Å². The first kappa shape index (κ1) is 36.7. The molecule has 0 spiro atoms. The number of rotatable bonds is 0. The van der Waals surface area contributed by atoms with Crippen molar-refractivity contribution >= 4 is 38.1 Å². The Kier molecular flexibility index (Phi) is 69.7. The average molecular weight is 383 g/mol. The summed E-state index contributed by atoms with van der Waals surface area (Å²) < 4.78 is 0. The van der Waals surface area contributed by atoms with Gasteiger partial charge >= 0.3 is 109 Å². The number of hydrogen-bond acceptors (Lipinski definition) is 0. The molecule has 10 heavy (non-hydrogen) atoms. The standard InChI is InChI=1S/6ClH.2Na.H2O.Pd/h6*1H;;;1H2;/q;;;;;;2*+1;;+4/p-6. The van der Waals surface area contributed by atoms with E-state index < -0.39 is 11.5 Å². The molecule has 0 heterocycles. The predicted molar refractivity (Wildman–Crippen MR) is 27.0 cm³/mol. The fourth-order valence-corrected chi connectivity index (χ4v) is 0. The van der Waals surface area contributed by atoms with E-state index in [0.717, 1.165) is 0 Å². The van der Waals surface area contributed by atoms with Crippen molar-refractivity contribution in [1.82, 2.24) is 0 Å². The van der Waals surface area contributed by atoms with Crippen molar-refractivity contribution in [2.45, 2.75) is 0 Å². The molecule has 0 aromatic rings. The molecular weight excluding hydrogens is 381 g/mol. The second kappa shape index (κ2) is 19.0. The van der Waals surface area contributed by atoms with Gasteiger partial charge in [0.1, 0.15) is 0 Å². The summed E-state index contributed by atoms with van der Waals surface area (Å²) in [5.41, 5.74) is 0. The summed E-state index contributed by atoms with van der Waals surface area (Å²) in [7, 11) is 19.9. The van der Waals surface area contributed by atoms with Crippen LogP contribution in [0.5, 0.6) is 0 Å². The van der Waals surface area contributed by atoms with Crippen molar-refractivity contribution in [3.63, 3.8) is 0 Å². The smallest absolute Gasteiger partial charge is 1.00 e. The molecule has 0 aliphatic carbocycles. The van der Waals surface area contributed by atoms with Crippen LogP contribution in [0.15, 0.2) is 0 Å². The van der Waals surface area contributed by atoms with Crippen LogP contribution in [0.3, 0.4) is 0 Å². The van der Waals surface area contributed by atoms with Gasteiger partial charge in [0.15, 0.2) is 0 Å². The largest absolute Gasteiger partial charge is 1.00 e.